The van der Waals surface area contributed by atoms with E-state index in [9.17, 15) is 0 Å². The van der Waals surface area contributed by atoms with Crippen molar-refractivity contribution in [2.75, 3.05) is 5.33 Å². The standard InChI is InChI=1S/C14H27Br/c1-3-5-11-14(4-2,12-15)13-9-7-6-8-10-13/h13H,3-12H2,1-2H3. The second-order valence-electron chi connectivity index (χ2n) is 5.29. The minimum atomic E-state index is 0.621. The molecule has 1 unspecified atom stereocenters. The fourth-order valence-electron chi connectivity index (χ4n) is 3.18. The molecule has 1 fully saturated rings. The maximum atomic E-state index is 3.80. The van der Waals surface area contributed by atoms with Gasteiger partial charge in [-0.3, -0.25) is 0 Å². The SMILES string of the molecule is CCCCC(CC)(CBr)C1CCCCC1. The normalized spacial score (nSPS) is 22.6. The smallest absolute Gasteiger partial charge is 0.00905 e. The van der Waals surface area contributed by atoms with Crippen molar-refractivity contribution in [1.82, 2.24) is 0 Å². The van der Waals surface area contributed by atoms with Gasteiger partial charge in [0.25, 0.3) is 0 Å². The Morgan fingerprint density at radius 3 is 2.27 bits per heavy atom. The van der Waals surface area contributed by atoms with E-state index >= 15 is 0 Å². The zero-order valence-electron chi connectivity index (χ0n) is 10.5. The van der Waals surface area contributed by atoms with Crippen LogP contribution in [0.5, 0.6) is 0 Å². The lowest BCUT2D eigenvalue weighted by Crippen LogP contribution is -2.33. The van der Waals surface area contributed by atoms with Crippen LogP contribution in [0.25, 0.3) is 0 Å². The highest BCUT2D eigenvalue weighted by molar-refractivity contribution is 9.09. The molecular weight excluding hydrogens is 248 g/mol. The molecule has 0 nitrogen and oxygen atoms in total. The first-order chi connectivity index (χ1) is 7.29. The van der Waals surface area contributed by atoms with Gasteiger partial charge in [0.15, 0.2) is 0 Å². The van der Waals surface area contributed by atoms with Crippen LogP contribution in [0.3, 0.4) is 0 Å². The summed E-state index contributed by atoms with van der Waals surface area (Å²) in [6.07, 6.45) is 13.0. The number of halogens is 1. The monoisotopic (exact) mass is 274 g/mol. The molecule has 1 atom stereocenters. The fourth-order valence-corrected chi connectivity index (χ4v) is 4.32. The molecule has 0 spiro atoms. The summed E-state index contributed by atoms with van der Waals surface area (Å²) in [4.78, 5) is 0. The number of alkyl halides is 1. The van der Waals surface area contributed by atoms with E-state index in [4.69, 9.17) is 0 Å². The minimum absolute atomic E-state index is 0.621. The van der Waals surface area contributed by atoms with Crippen LogP contribution in [0, 0.1) is 11.3 Å². The van der Waals surface area contributed by atoms with Crippen LogP contribution in [-0.2, 0) is 0 Å². The number of hydrogen-bond donors (Lipinski definition) is 0. The molecule has 0 amide bonds. The van der Waals surface area contributed by atoms with Crippen LogP contribution in [0.2, 0.25) is 0 Å². The summed E-state index contributed by atoms with van der Waals surface area (Å²) in [5.41, 5.74) is 0.621. The van der Waals surface area contributed by atoms with Gasteiger partial charge < -0.3 is 0 Å². The molecule has 0 N–H and O–H groups in total. The van der Waals surface area contributed by atoms with Gasteiger partial charge in [0.05, 0.1) is 0 Å². The van der Waals surface area contributed by atoms with Crippen molar-refractivity contribution in [3.05, 3.63) is 0 Å². The summed E-state index contributed by atoms with van der Waals surface area (Å²) in [5, 5.41) is 1.22. The summed E-state index contributed by atoms with van der Waals surface area (Å²) >= 11 is 3.80. The molecule has 0 aromatic rings. The number of hydrogen-bond acceptors (Lipinski definition) is 0. The van der Waals surface area contributed by atoms with E-state index in [0.717, 1.165) is 5.92 Å². The maximum Gasteiger partial charge on any atom is 0.00905 e. The number of unbranched alkanes of at least 4 members (excludes halogenated alkanes) is 1. The number of rotatable bonds is 6. The first-order valence-corrected chi connectivity index (χ1v) is 7.97. The van der Waals surface area contributed by atoms with Crippen LogP contribution in [0.4, 0.5) is 0 Å². The van der Waals surface area contributed by atoms with Gasteiger partial charge in [-0.2, -0.15) is 0 Å². The summed E-state index contributed by atoms with van der Waals surface area (Å²) in [5.74, 6) is 1.00. The van der Waals surface area contributed by atoms with Crippen molar-refractivity contribution in [3.63, 3.8) is 0 Å². The largest absolute Gasteiger partial charge is 0.0922 e. The van der Waals surface area contributed by atoms with Gasteiger partial charge >= 0.3 is 0 Å². The molecule has 0 radical (unpaired) electrons. The Kier molecular flexibility index (Phi) is 6.26. The molecule has 0 heterocycles. The molecule has 1 rings (SSSR count). The van der Waals surface area contributed by atoms with Crippen LogP contribution in [0.1, 0.15) is 71.6 Å². The Bertz CT molecular complexity index is 155. The van der Waals surface area contributed by atoms with E-state index in [-0.39, 0.29) is 0 Å². The van der Waals surface area contributed by atoms with Crippen molar-refractivity contribution >= 4 is 15.9 Å². The molecule has 0 saturated heterocycles. The fraction of sp³-hybridized carbons (Fsp3) is 1.00. The highest BCUT2D eigenvalue weighted by Gasteiger charge is 2.35. The van der Waals surface area contributed by atoms with Crippen molar-refractivity contribution < 1.29 is 0 Å². The van der Waals surface area contributed by atoms with Gasteiger partial charge in [-0.15, -0.1) is 0 Å². The van der Waals surface area contributed by atoms with E-state index < -0.39 is 0 Å². The predicted octanol–water partition coefficient (Wildman–Crippen LogP) is 5.55. The third-order valence-electron chi connectivity index (χ3n) is 4.47. The Morgan fingerprint density at radius 1 is 1.13 bits per heavy atom. The average Bonchev–Trinajstić information content (AvgIpc) is 2.33. The molecular formula is C14H27Br. The van der Waals surface area contributed by atoms with E-state index in [2.05, 4.69) is 29.8 Å². The molecule has 0 aromatic heterocycles. The van der Waals surface area contributed by atoms with Crippen molar-refractivity contribution in [3.8, 4) is 0 Å². The van der Waals surface area contributed by atoms with Gasteiger partial charge in [0.1, 0.15) is 0 Å². The molecule has 90 valence electrons. The van der Waals surface area contributed by atoms with Gasteiger partial charge in [-0.05, 0) is 37.0 Å². The molecule has 1 aliphatic rings. The van der Waals surface area contributed by atoms with Crippen LogP contribution in [-0.4, -0.2) is 5.33 Å². The first-order valence-electron chi connectivity index (χ1n) is 6.85. The summed E-state index contributed by atoms with van der Waals surface area (Å²) in [6.45, 7) is 4.71. The van der Waals surface area contributed by atoms with Crippen molar-refractivity contribution in [2.45, 2.75) is 71.6 Å². The van der Waals surface area contributed by atoms with E-state index in [0.29, 0.717) is 5.41 Å². The lowest BCUT2D eigenvalue weighted by Gasteiger charge is -2.41. The topological polar surface area (TPSA) is 0 Å². The highest BCUT2D eigenvalue weighted by Crippen LogP contribution is 2.45. The average molecular weight is 275 g/mol. The van der Waals surface area contributed by atoms with Gasteiger partial charge in [-0.1, -0.05) is 61.9 Å². The van der Waals surface area contributed by atoms with Crippen molar-refractivity contribution in [2.24, 2.45) is 11.3 Å². The van der Waals surface area contributed by atoms with Crippen LogP contribution < -0.4 is 0 Å². The predicted molar refractivity (Wildman–Crippen MR) is 72.6 cm³/mol. The Labute approximate surface area is 104 Å². The first kappa shape index (κ1) is 13.5. The Morgan fingerprint density at radius 2 is 1.80 bits per heavy atom. The quantitative estimate of drug-likeness (QED) is 0.558. The third kappa shape index (κ3) is 3.47. The molecule has 1 aliphatic carbocycles. The maximum absolute atomic E-state index is 3.80. The minimum Gasteiger partial charge on any atom is -0.0922 e. The molecule has 1 saturated carbocycles. The summed E-state index contributed by atoms with van der Waals surface area (Å²) < 4.78 is 0. The molecule has 0 aliphatic heterocycles. The second kappa shape index (κ2) is 6.93. The molecule has 0 aromatic carbocycles. The Hall–Kier alpha value is 0.480. The molecule has 0 bridgehead atoms. The van der Waals surface area contributed by atoms with E-state index in [1.54, 1.807) is 0 Å². The lowest BCUT2D eigenvalue weighted by molar-refractivity contribution is 0.123. The summed E-state index contributed by atoms with van der Waals surface area (Å²) in [6, 6.07) is 0. The van der Waals surface area contributed by atoms with Crippen LogP contribution >= 0.6 is 15.9 Å². The zero-order valence-corrected chi connectivity index (χ0v) is 12.1. The van der Waals surface area contributed by atoms with Gasteiger partial charge in [-0.25, -0.2) is 0 Å². The second-order valence-corrected chi connectivity index (χ2v) is 5.85. The zero-order chi connectivity index (χ0) is 11.1. The lowest BCUT2D eigenvalue weighted by atomic mass is 9.66. The third-order valence-corrected chi connectivity index (χ3v) is 5.59. The summed E-state index contributed by atoms with van der Waals surface area (Å²) in [7, 11) is 0. The van der Waals surface area contributed by atoms with Crippen LogP contribution in [0.15, 0.2) is 0 Å². The van der Waals surface area contributed by atoms with Crippen molar-refractivity contribution in [1.29, 1.82) is 0 Å². The van der Waals surface area contributed by atoms with Gasteiger partial charge in [0, 0.05) is 5.33 Å². The van der Waals surface area contributed by atoms with Gasteiger partial charge in [0.2, 0.25) is 0 Å². The van der Waals surface area contributed by atoms with E-state index in [1.165, 1.54) is 63.1 Å². The van der Waals surface area contributed by atoms with E-state index in [1.807, 2.05) is 0 Å². The molecule has 1 heteroatoms. The Balaban J connectivity index is 2.59. The highest BCUT2D eigenvalue weighted by atomic mass is 79.9. The molecule has 15 heavy (non-hydrogen) atoms.